The fourth-order valence-corrected chi connectivity index (χ4v) is 1.05. The van der Waals surface area contributed by atoms with Gasteiger partial charge in [0.15, 0.2) is 5.78 Å². The van der Waals surface area contributed by atoms with E-state index in [9.17, 15) is 4.79 Å². The number of benzene rings is 1. The van der Waals surface area contributed by atoms with Crippen LogP contribution in [-0.4, -0.2) is 19.0 Å². The van der Waals surface area contributed by atoms with Gasteiger partial charge in [-0.1, -0.05) is 36.1 Å². The van der Waals surface area contributed by atoms with Crippen LogP contribution in [0.3, 0.4) is 0 Å². The van der Waals surface area contributed by atoms with E-state index in [4.69, 9.17) is 4.74 Å². The van der Waals surface area contributed by atoms with Crippen molar-refractivity contribution in [3.05, 3.63) is 48.0 Å². The molecule has 0 aliphatic heterocycles. The Morgan fingerprint density at radius 2 is 2.12 bits per heavy atom. The number of carbonyl (C=O) groups is 1. The van der Waals surface area contributed by atoms with Crippen molar-refractivity contribution in [3.8, 4) is 11.8 Å². The van der Waals surface area contributed by atoms with Crippen molar-refractivity contribution in [2.45, 2.75) is 6.92 Å². The number of allylic oxidation sites excluding steroid dienone is 1. The van der Waals surface area contributed by atoms with Crippen LogP contribution in [0.1, 0.15) is 12.5 Å². The van der Waals surface area contributed by atoms with Gasteiger partial charge in [0.05, 0.1) is 6.61 Å². The number of rotatable bonds is 4. The molecule has 0 radical (unpaired) electrons. The Bertz CT molecular complexity index is 407. The number of ether oxygens (including phenoxy) is 1. The lowest BCUT2D eigenvalue weighted by Gasteiger charge is -1.92. The summed E-state index contributed by atoms with van der Waals surface area (Å²) in [5.74, 6) is 5.90. The molecule has 0 N–H and O–H groups in total. The minimum absolute atomic E-state index is 0.0268. The van der Waals surface area contributed by atoms with Gasteiger partial charge in [0.1, 0.15) is 6.61 Å². The Balaban J connectivity index is 2.21. The van der Waals surface area contributed by atoms with Gasteiger partial charge in [0, 0.05) is 5.56 Å². The molecule has 0 aromatic heterocycles. The van der Waals surface area contributed by atoms with Crippen molar-refractivity contribution in [3.63, 3.8) is 0 Å². The average molecular weight is 214 g/mol. The Morgan fingerprint density at radius 3 is 2.81 bits per heavy atom. The first-order valence-corrected chi connectivity index (χ1v) is 5.08. The molecule has 0 aliphatic rings. The smallest absolute Gasteiger partial charge is 0.152 e. The fourth-order valence-electron chi connectivity index (χ4n) is 1.05. The highest BCUT2D eigenvalue weighted by Crippen LogP contribution is 1.94. The van der Waals surface area contributed by atoms with Gasteiger partial charge >= 0.3 is 0 Å². The van der Waals surface area contributed by atoms with E-state index in [0.717, 1.165) is 5.56 Å². The molecule has 2 nitrogen and oxygen atoms in total. The molecule has 16 heavy (non-hydrogen) atoms. The molecule has 0 bridgehead atoms. The molecule has 1 aromatic rings. The van der Waals surface area contributed by atoms with E-state index < -0.39 is 0 Å². The molecular formula is C14H14O2. The predicted octanol–water partition coefficient (Wildman–Crippen LogP) is 2.20. The Morgan fingerprint density at radius 1 is 1.38 bits per heavy atom. The van der Waals surface area contributed by atoms with Crippen molar-refractivity contribution in [1.82, 2.24) is 0 Å². The Kier molecular flexibility index (Phi) is 5.68. The van der Waals surface area contributed by atoms with Crippen LogP contribution < -0.4 is 0 Å². The van der Waals surface area contributed by atoms with Crippen LogP contribution >= 0.6 is 0 Å². The summed E-state index contributed by atoms with van der Waals surface area (Å²) in [7, 11) is 0. The highest BCUT2D eigenvalue weighted by molar-refractivity contribution is 5.87. The standard InChI is InChI=1S/C14H14O2/c1-13(15)7-5-11-16-12-6-10-14-8-3-2-4-9-14/h2-5,7-9H,11-12H2,1H3. The molecule has 2 heteroatoms. The van der Waals surface area contributed by atoms with E-state index in [-0.39, 0.29) is 5.78 Å². The molecule has 0 heterocycles. The molecule has 0 aliphatic carbocycles. The largest absolute Gasteiger partial charge is 0.365 e. The van der Waals surface area contributed by atoms with E-state index in [1.807, 2.05) is 30.3 Å². The zero-order valence-corrected chi connectivity index (χ0v) is 9.27. The van der Waals surface area contributed by atoms with Crippen LogP contribution in [0.2, 0.25) is 0 Å². The van der Waals surface area contributed by atoms with Gasteiger partial charge in [0.25, 0.3) is 0 Å². The zero-order valence-electron chi connectivity index (χ0n) is 9.27. The Labute approximate surface area is 95.9 Å². The van der Waals surface area contributed by atoms with Crippen LogP contribution in [0.25, 0.3) is 0 Å². The lowest BCUT2D eigenvalue weighted by molar-refractivity contribution is -0.112. The summed E-state index contributed by atoms with van der Waals surface area (Å²) in [6.45, 7) is 2.30. The van der Waals surface area contributed by atoms with E-state index in [1.165, 1.54) is 13.0 Å². The summed E-state index contributed by atoms with van der Waals surface area (Å²) in [5.41, 5.74) is 0.977. The molecule has 0 spiro atoms. The summed E-state index contributed by atoms with van der Waals surface area (Å²) in [6, 6.07) is 9.74. The fraction of sp³-hybridized carbons (Fsp3) is 0.214. The molecular weight excluding hydrogens is 200 g/mol. The third-order valence-electron chi connectivity index (χ3n) is 1.75. The van der Waals surface area contributed by atoms with Gasteiger partial charge in [-0.3, -0.25) is 4.79 Å². The summed E-state index contributed by atoms with van der Waals surface area (Å²) < 4.78 is 5.19. The number of hydrogen-bond acceptors (Lipinski definition) is 2. The topological polar surface area (TPSA) is 26.3 Å². The SMILES string of the molecule is CC(=O)C=CCOCC#Cc1ccccc1. The second kappa shape index (κ2) is 7.44. The van der Waals surface area contributed by atoms with Gasteiger partial charge in [-0.25, -0.2) is 0 Å². The second-order valence-corrected chi connectivity index (χ2v) is 3.20. The van der Waals surface area contributed by atoms with Crippen LogP contribution in [0.5, 0.6) is 0 Å². The van der Waals surface area contributed by atoms with Gasteiger partial charge in [-0.05, 0) is 25.1 Å². The average Bonchev–Trinajstić information content (AvgIpc) is 2.29. The van der Waals surface area contributed by atoms with Gasteiger partial charge in [-0.2, -0.15) is 0 Å². The highest BCUT2D eigenvalue weighted by Gasteiger charge is 1.83. The van der Waals surface area contributed by atoms with E-state index in [0.29, 0.717) is 13.2 Å². The third kappa shape index (κ3) is 5.79. The maximum atomic E-state index is 10.5. The molecule has 0 saturated carbocycles. The zero-order chi connectivity index (χ0) is 11.6. The minimum atomic E-state index is 0.0268. The molecule has 1 rings (SSSR count). The van der Waals surface area contributed by atoms with Crippen molar-refractivity contribution in [2.75, 3.05) is 13.2 Å². The van der Waals surface area contributed by atoms with Gasteiger partial charge < -0.3 is 4.74 Å². The summed E-state index contributed by atoms with van der Waals surface area (Å²) >= 11 is 0. The summed E-state index contributed by atoms with van der Waals surface area (Å²) in [4.78, 5) is 10.5. The molecule has 0 atom stereocenters. The van der Waals surface area contributed by atoms with Crippen molar-refractivity contribution < 1.29 is 9.53 Å². The van der Waals surface area contributed by atoms with Crippen LogP contribution in [0, 0.1) is 11.8 Å². The first-order chi connectivity index (χ1) is 7.79. The number of hydrogen-bond donors (Lipinski definition) is 0. The van der Waals surface area contributed by atoms with Crippen LogP contribution in [-0.2, 0) is 9.53 Å². The molecule has 0 saturated heterocycles. The van der Waals surface area contributed by atoms with Gasteiger partial charge in [-0.15, -0.1) is 0 Å². The quantitative estimate of drug-likeness (QED) is 0.436. The highest BCUT2D eigenvalue weighted by atomic mass is 16.5. The predicted molar refractivity (Wildman–Crippen MR) is 64.0 cm³/mol. The lowest BCUT2D eigenvalue weighted by Crippen LogP contribution is -1.92. The molecule has 0 fully saturated rings. The molecule has 0 amide bonds. The normalized spacial score (nSPS) is 9.81. The van der Waals surface area contributed by atoms with Crippen molar-refractivity contribution >= 4 is 5.78 Å². The monoisotopic (exact) mass is 214 g/mol. The Hall–Kier alpha value is -1.85. The lowest BCUT2D eigenvalue weighted by atomic mass is 10.2. The van der Waals surface area contributed by atoms with Gasteiger partial charge in [0.2, 0.25) is 0 Å². The summed E-state index contributed by atoms with van der Waals surface area (Å²) in [6.07, 6.45) is 3.18. The molecule has 82 valence electrons. The van der Waals surface area contributed by atoms with Crippen LogP contribution in [0.15, 0.2) is 42.5 Å². The summed E-state index contributed by atoms with van der Waals surface area (Å²) in [5, 5.41) is 0. The minimum Gasteiger partial charge on any atom is -0.365 e. The second-order valence-electron chi connectivity index (χ2n) is 3.20. The van der Waals surface area contributed by atoms with E-state index in [1.54, 1.807) is 6.08 Å². The first-order valence-electron chi connectivity index (χ1n) is 5.08. The van der Waals surface area contributed by atoms with Crippen molar-refractivity contribution in [1.29, 1.82) is 0 Å². The van der Waals surface area contributed by atoms with E-state index >= 15 is 0 Å². The number of ketones is 1. The molecule has 1 aromatic carbocycles. The molecule has 0 unspecified atom stereocenters. The van der Waals surface area contributed by atoms with E-state index in [2.05, 4.69) is 11.8 Å². The first kappa shape index (κ1) is 12.2. The maximum Gasteiger partial charge on any atom is 0.152 e. The maximum absolute atomic E-state index is 10.5. The third-order valence-corrected chi connectivity index (χ3v) is 1.75. The van der Waals surface area contributed by atoms with Crippen LogP contribution in [0.4, 0.5) is 0 Å². The van der Waals surface area contributed by atoms with Crippen molar-refractivity contribution in [2.24, 2.45) is 0 Å². The number of carbonyl (C=O) groups excluding carboxylic acids is 1.